The van der Waals surface area contributed by atoms with Gasteiger partial charge in [-0.2, -0.15) is 5.10 Å². The normalized spacial score (nSPS) is 16.9. The van der Waals surface area contributed by atoms with Crippen molar-refractivity contribution < 1.29 is 0 Å². The summed E-state index contributed by atoms with van der Waals surface area (Å²) in [5.74, 6) is 2.09. The lowest BCUT2D eigenvalue weighted by Gasteiger charge is -2.13. The molecule has 102 valence electrons. The van der Waals surface area contributed by atoms with Crippen molar-refractivity contribution >= 4 is 5.69 Å². The fourth-order valence-corrected chi connectivity index (χ4v) is 2.63. The lowest BCUT2D eigenvalue weighted by atomic mass is 10.2. The maximum Gasteiger partial charge on any atom is 0.157 e. The molecule has 0 saturated carbocycles. The van der Waals surface area contributed by atoms with Crippen molar-refractivity contribution in [3.8, 4) is 0 Å². The smallest absolute Gasteiger partial charge is 0.157 e. The van der Waals surface area contributed by atoms with E-state index in [0.29, 0.717) is 0 Å². The lowest BCUT2D eigenvalue weighted by molar-refractivity contribution is 0.492. The molecule has 0 saturated heterocycles. The minimum Gasteiger partial charge on any atom is -0.396 e. The van der Waals surface area contributed by atoms with Crippen molar-refractivity contribution in [3.05, 3.63) is 23.5 Å². The van der Waals surface area contributed by atoms with Gasteiger partial charge in [0.2, 0.25) is 0 Å². The van der Waals surface area contributed by atoms with E-state index >= 15 is 0 Å². The summed E-state index contributed by atoms with van der Waals surface area (Å²) >= 11 is 0. The molecule has 0 radical (unpaired) electrons. The predicted octanol–water partition coefficient (Wildman–Crippen LogP) is 1.70. The van der Waals surface area contributed by atoms with Gasteiger partial charge >= 0.3 is 0 Å². The van der Waals surface area contributed by atoms with Crippen LogP contribution in [0.4, 0.5) is 5.69 Å². The number of aromatic nitrogens is 5. The monoisotopic (exact) mass is 260 g/mol. The molecule has 3 rings (SSSR count). The summed E-state index contributed by atoms with van der Waals surface area (Å²) in [4.78, 5) is 0. The van der Waals surface area contributed by atoms with Crippen LogP contribution in [0.15, 0.2) is 6.20 Å². The first kappa shape index (κ1) is 12.2. The fourth-order valence-electron chi connectivity index (χ4n) is 2.63. The number of rotatable bonds is 2. The highest BCUT2D eigenvalue weighted by molar-refractivity contribution is 5.39. The van der Waals surface area contributed by atoms with Gasteiger partial charge < -0.3 is 10.3 Å². The van der Waals surface area contributed by atoms with E-state index in [1.807, 2.05) is 17.8 Å². The molecule has 1 aliphatic heterocycles. The van der Waals surface area contributed by atoms with E-state index in [-0.39, 0.29) is 6.04 Å². The molecule has 2 N–H and O–H groups in total. The Morgan fingerprint density at radius 2 is 2.11 bits per heavy atom. The van der Waals surface area contributed by atoms with Crippen LogP contribution in [0.1, 0.15) is 49.6 Å². The molecule has 3 heterocycles. The van der Waals surface area contributed by atoms with Gasteiger partial charge in [-0.3, -0.25) is 4.68 Å². The Balaban J connectivity index is 1.95. The second-order valence-corrected chi connectivity index (χ2v) is 5.26. The molecular weight excluding hydrogens is 240 g/mol. The zero-order chi connectivity index (χ0) is 13.4. The van der Waals surface area contributed by atoms with Gasteiger partial charge in [0.1, 0.15) is 11.9 Å². The van der Waals surface area contributed by atoms with Crippen LogP contribution in [0, 0.1) is 6.92 Å². The van der Waals surface area contributed by atoms with Crippen molar-refractivity contribution in [3.63, 3.8) is 0 Å². The highest BCUT2D eigenvalue weighted by atomic mass is 15.4. The van der Waals surface area contributed by atoms with Gasteiger partial charge in [0.15, 0.2) is 5.82 Å². The van der Waals surface area contributed by atoms with Crippen LogP contribution in [0.5, 0.6) is 0 Å². The molecule has 0 amide bonds. The number of anilines is 1. The third kappa shape index (κ3) is 2.11. The van der Waals surface area contributed by atoms with Gasteiger partial charge in [0.25, 0.3) is 0 Å². The number of nitrogens with zero attached hydrogens (tertiary/aromatic N) is 5. The Morgan fingerprint density at radius 1 is 1.26 bits per heavy atom. The van der Waals surface area contributed by atoms with Crippen LogP contribution in [-0.2, 0) is 13.0 Å². The van der Waals surface area contributed by atoms with Crippen LogP contribution < -0.4 is 5.73 Å². The number of nitrogen functional groups attached to an aromatic ring is 1. The first-order valence-electron chi connectivity index (χ1n) is 6.90. The molecule has 19 heavy (non-hydrogen) atoms. The molecule has 2 aromatic rings. The van der Waals surface area contributed by atoms with Gasteiger partial charge in [-0.05, 0) is 26.7 Å². The molecule has 0 bridgehead atoms. The van der Waals surface area contributed by atoms with Crippen molar-refractivity contribution in [1.82, 2.24) is 24.5 Å². The number of fused-ring (bicyclic) bond motifs is 1. The maximum absolute atomic E-state index is 5.87. The van der Waals surface area contributed by atoms with Crippen LogP contribution in [0.3, 0.4) is 0 Å². The number of nitrogens with two attached hydrogens (primary N) is 1. The van der Waals surface area contributed by atoms with Gasteiger partial charge in [0.05, 0.1) is 11.4 Å². The molecule has 0 fully saturated rings. The predicted molar refractivity (Wildman–Crippen MR) is 72.8 cm³/mol. The van der Waals surface area contributed by atoms with E-state index in [2.05, 4.69) is 26.8 Å². The average molecular weight is 260 g/mol. The van der Waals surface area contributed by atoms with Gasteiger partial charge in [-0.25, -0.2) is 0 Å². The molecule has 6 nitrogen and oxygen atoms in total. The van der Waals surface area contributed by atoms with Gasteiger partial charge in [0, 0.05) is 19.2 Å². The first-order valence-corrected chi connectivity index (χ1v) is 6.90. The standard InChI is InChI=1S/C13H20N6/c1-9-11(14)8-19(17-9)10(2)13-16-15-12-6-4-3-5-7-18(12)13/h8,10H,3-7,14H2,1-2H3/t10-/m1/s1. The molecule has 0 aromatic carbocycles. The van der Waals surface area contributed by atoms with Crippen LogP contribution in [0.25, 0.3) is 0 Å². The Labute approximate surface area is 112 Å². The summed E-state index contributed by atoms with van der Waals surface area (Å²) < 4.78 is 4.14. The third-order valence-corrected chi connectivity index (χ3v) is 3.86. The number of aryl methyl sites for hydroxylation is 2. The summed E-state index contributed by atoms with van der Waals surface area (Å²) in [7, 11) is 0. The zero-order valence-electron chi connectivity index (χ0n) is 11.5. The van der Waals surface area contributed by atoms with Crippen LogP contribution >= 0.6 is 0 Å². The third-order valence-electron chi connectivity index (χ3n) is 3.86. The number of hydrogen-bond donors (Lipinski definition) is 1. The van der Waals surface area contributed by atoms with E-state index in [4.69, 9.17) is 5.73 Å². The average Bonchev–Trinajstić information content (AvgIpc) is 2.85. The largest absolute Gasteiger partial charge is 0.396 e. The molecule has 6 heteroatoms. The molecule has 2 aromatic heterocycles. The molecule has 1 atom stereocenters. The van der Waals surface area contributed by atoms with E-state index < -0.39 is 0 Å². The topological polar surface area (TPSA) is 74.5 Å². The molecular formula is C13H20N6. The van der Waals surface area contributed by atoms with Crippen molar-refractivity contribution in [2.45, 2.75) is 52.1 Å². The summed E-state index contributed by atoms with van der Waals surface area (Å²) in [5.41, 5.74) is 7.46. The molecule has 1 aliphatic rings. The summed E-state index contributed by atoms with van der Waals surface area (Å²) in [6.45, 7) is 5.02. The van der Waals surface area contributed by atoms with Crippen molar-refractivity contribution in [2.75, 3.05) is 5.73 Å². The van der Waals surface area contributed by atoms with Crippen molar-refractivity contribution in [1.29, 1.82) is 0 Å². The van der Waals surface area contributed by atoms with E-state index in [9.17, 15) is 0 Å². The van der Waals surface area contributed by atoms with Crippen LogP contribution in [0.2, 0.25) is 0 Å². The highest BCUT2D eigenvalue weighted by Gasteiger charge is 2.21. The highest BCUT2D eigenvalue weighted by Crippen LogP contribution is 2.22. The second kappa shape index (κ2) is 4.68. The van der Waals surface area contributed by atoms with Gasteiger partial charge in [-0.15, -0.1) is 10.2 Å². The Kier molecular flexibility index (Phi) is 3.00. The number of hydrogen-bond acceptors (Lipinski definition) is 4. The fraction of sp³-hybridized carbons (Fsp3) is 0.615. The SMILES string of the molecule is Cc1nn([C@H](C)c2nnc3n2CCCCC3)cc1N. The maximum atomic E-state index is 5.87. The Hall–Kier alpha value is -1.85. The van der Waals surface area contributed by atoms with Crippen LogP contribution in [-0.4, -0.2) is 24.5 Å². The van der Waals surface area contributed by atoms with Gasteiger partial charge in [-0.1, -0.05) is 6.42 Å². The second-order valence-electron chi connectivity index (χ2n) is 5.26. The first-order chi connectivity index (χ1) is 9.16. The zero-order valence-corrected chi connectivity index (χ0v) is 11.5. The van der Waals surface area contributed by atoms with E-state index in [1.165, 1.54) is 19.3 Å². The van der Waals surface area contributed by atoms with E-state index in [0.717, 1.165) is 36.0 Å². The minimum atomic E-state index is 0.0651. The summed E-state index contributed by atoms with van der Waals surface area (Å²) in [6.07, 6.45) is 6.58. The van der Waals surface area contributed by atoms with Crippen molar-refractivity contribution in [2.24, 2.45) is 0 Å². The Morgan fingerprint density at radius 3 is 2.84 bits per heavy atom. The lowest BCUT2D eigenvalue weighted by Crippen LogP contribution is -2.15. The quantitative estimate of drug-likeness (QED) is 0.891. The van der Waals surface area contributed by atoms with E-state index in [1.54, 1.807) is 0 Å². The molecule has 0 aliphatic carbocycles. The molecule has 0 spiro atoms. The summed E-state index contributed by atoms with van der Waals surface area (Å²) in [6, 6.07) is 0.0651. The summed E-state index contributed by atoms with van der Waals surface area (Å²) in [5, 5.41) is 13.1. The minimum absolute atomic E-state index is 0.0651. The molecule has 0 unspecified atom stereocenters. The Bertz CT molecular complexity index is 562.